The Hall–Kier alpha value is -1.79. The molecule has 6 heteroatoms. The van der Waals surface area contributed by atoms with Gasteiger partial charge in [-0.2, -0.15) is 10.2 Å². The summed E-state index contributed by atoms with van der Waals surface area (Å²) in [6.45, 7) is 4.19. The molecule has 1 saturated carbocycles. The summed E-state index contributed by atoms with van der Waals surface area (Å²) in [6, 6.07) is 10.9. The standard InChI is InChI=1S/C16H19N3O2S/c1-10(2)15-7-8-16(19-18-15)14-9-13(14)11-3-5-12(6-4-11)22(17,20)21/h3-8,10,13-14H,9H2,1-2H3,(H2,17,20,21)/t13-,14+/m0/s1. The van der Waals surface area contributed by atoms with Crippen molar-refractivity contribution in [2.75, 3.05) is 0 Å². The van der Waals surface area contributed by atoms with Gasteiger partial charge in [0.15, 0.2) is 0 Å². The van der Waals surface area contributed by atoms with Gasteiger partial charge >= 0.3 is 0 Å². The van der Waals surface area contributed by atoms with Gasteiger partial charge in [0, 0.05) is 5.92 Å². The summed E-state index contributed by atoms with van der Waals surface area (Å²) < 4.78 is 22.5. The molecule has 2 aromatic rings. The number of nitrogens with two attached hydrogens (primary N) is 1. The summed E-state index contributed by atoms with van der Waals surface area (Å²) in [5.41, 5.74) is 3.12. The van der Waals surface area contributed by atoms with E-state index in [2.05, 4.69) is 24.0 Å². The number of benzene rings is 1. The summed E-state index contributed by atoms with van der Waals surface area (Å²) in [7, 11) is -3.63. The predicted octanol–water partition coefficient (Wildman–Crippen LogP) is 2.52. The van der Waals surface area contributed by atoms with Gasteiger partial charge in [-0.05, 0) is 48.1 Å². The van der Waals surface area contributed by atoms with Crippen LogP contribution in [0.5, 0.6) is 0 Å². The number of sulfonamides is 1. The van der Waals surface area contributed by atoms with E-state index in [1.165, 1.54) is 0 Å². The molecule has 116 valence electrons. The fourth-order valence-electron chi connectivity index (χ4n) is 2.65. The summed E-state index contributed by atoms with van der Waals surface area (Å²) in [5, 5.41) is 13.7. The van der Waals surface area contributed by atoms with Gasteiger partial charge < -0.3 is 0 Å². The quantitative estimate of drug-likeness (QED) is 0.938. The average molecular weight is 317 g/mol. The van der Waals surface area contributed by atoms with Crippen LogP contribution in [0.25, 0.3) is 0 Å². The average Bonchev–Trinajstić information content (AvgIpc) is 3.27. The van der Waals surface area contributed by atoms with Gasteiger partial charge in [-0.1, -0.05) is 26.0 Å². The van der Waals surface area contributed by atoms with Crippen LogP contribution in [0.3, 0.4) is 0 Å². The minimum Gasteiger partial charge on any atom is -0.225 e. The summed E-state index contributed by atoms with van der Waals surface area (Å²) in [5.74, 6) is 1.13. The van der Waals surface area contributed by atoms with Crippen LogP contribution in [-0.4, -0.2) is 18.6 Å². The van der Waals surface area contributed by atoms with Crippen molar-refractivity contribution in [2.45, 2.75) is 42.9 Å². The first-order valence-electron chi connectivity index (χ1n) is 7.32. The molecule has 2 N–H and O–H groups in total. The zero-order valence-electron chi connectivity index (χ0n) is 12.6. The van der Waals surface area contributed by atoms with Crippen LogP contribution < -0.4 is 5.14 Å². The number of nitrogens with zero attached hydrogens (tertiary/aromatic N) is 2. The molecule has 0 unspecified atom stereocenters. The van der Waals surface area contributed by atoms with E-state index in [1.807, 2.05) is 24.3 Å². The second-order valence-corrected chi connectivity index (χ2v) is 7.66. The van der Waals surface area contributed by atoms with Crippen molar-refractivity contribution in [3.8, 4) is 0 Å². The molecule has 0 radical (unpaired) electrons. The molecule has 1 heterocycles. The Kier molecular flexibility index (Phi) is 3.74. The first-order chi connectivity index (χ1) is 10.4. The SMILES string of the molecule is CC(C)c1ccc([C@@H]2C[C@H]2c2ccc(S(N)(=O)=O)cc2)nn1. The van der Waals surface area contributed by atoms with Crippen molar-refractivity contribution in [1.29, 1.82) is 0 Å². The smallest absolute Gasteiger partial charge is 0.225 e. The molecule has 22 heavy (non-hydrogen) atoms. The number of rotatable bonds is 4. The number of hydrogen-bond acceptors (Lipinski definition) is 4. The first kappa shape index (κ1) is 15.1. The van der Waals surface area contributed by atoms with Gasteiger partial charge in [0.2, 0.25) is 10.0 Å². The van der Waals surface area contributed by atoms with E-state index in [0.717, 1.165) is 23.4 Å². The second-order valence-electron chi connectivity index (χ2n) is 6.10. The second kappa shape index (κ2) is 5.44. The molecule has 2 atom stereocenters. The Balaban J connectivity index is 1.74. The van der Waals surface area contributed by atoms with Crippen LogP contribution in [0.1, 0.15) is 55.0 Å². The highest BCUT2D eigenvalue weighted by Gasteiger charge is 2.40. The van der Waals surface area contributed by atoms with Crippen LogP contribution in [0.2, 0.25) is 0 Å². The Labute approximate surface area is 130 Å². The molecule has 1 aromatic carbocycles. The Bertz CT molecular complexity index is 768. The van der Waals surface area contributed by atoms with E-state index in [4.69, 9.17) is 5.14 Å². The van der Waals surface area contributed by atoms with E-state index >= 15 is 0 Å². The molecular formula is C16H19N3O2S. The van der Waals surface area contributed by atoms with E-state index in [9.17, 15) is 8.42 Å². The fourth-order valence-corrected chi connectivity index (χ4v) is 3.17. The monoisotopic (exact) mass is 317 g/mol. The van der Waals surface area contributed by atoms with Crippen LogP contribution in [0, 0.1) is 0 Å². The maximum absolute atomic E-state index is 11.3. The maximum Gasteiger partial charge on any atom is 0.238 e. The normalized spacial score (nSPS) is 21.1. The molecule has 0 bridgehead atoms. The lowest BCUT2D eigenvalue weighted by Crippen LogP contribution is -2.11. The van der Waals surface area contributed by atoms with Crippen LogP contribution in [0.15, 0.2) is 41.3 Å². The molecule has 5 nitrogen and oxygen atoms in total. The fraction of sp³-hybridized carbons (Fsp3) is 0.375. The van der Waals surface area contributed by atoms with Crippen LogP contribution in [0.4, 0.5) is 0 Å². The summed E-state index contributed by atoms with van der Waals surface area (Å²) in [6.07, 6.45) is 1.02. The Morgan fingerprint density at radius 1 is 1.05 bits per heavy atom. The minimum absolute atomic E-state index is 0.148. The predicted molar refractivity (Wildman–Crippen MR) is 84.0 cm³/mol. The van der Waals surface area contributed by atoms with Gasteiger partial charge in [-0.15, -0.1) is 0 Å². The summed E-state index contributed by atoms with van der Waals surface area (Å²) >= 11 is 0. The zero-order valence-corrected chi connectivity index (χ0v) is 13.4. The van der Waals surface area contributed by atoms with Crippen LogP contribution >= 0.6 is 0 Å². The molecule has 3 rings (SSSR count). The van der Waals surface area contributed by atoms with E-state index < -0.39 is 10.0 Å². The third-order valence-corrected chi connectivity index (χ3v) is 5.03. The third-order valence-electron chi connectivity index (χ3n) is 4.10. The summed E-state index contributed by atoms with van der Waals surface area (Å²) in [4.78, 5) is 0.148. The minimum atomic E-state index is -3.63. The number of primary sulfonamides is 1. The molecule has 1 aliphatic rings. The lowest BCUT2D eigenvalue weighted by molar-refractivity contribution is 0.598. The van der Waals surface area contributed by atoms with Gasteiger partial charge in [-0.25, -0.2) is 13.6 Å². The highest BCUT2D eigenvalue weighted by atomic mass is 32.2. The largest absolute Gasteiger partial charge is 0.238 e. The van der Waals surface area contributed by atoms with E-state index in [1.54, 1.807) is 12.1 Å². The molecule has 0 saturated heterocycles. The molecule has 1 aliphatic carbocycles. The lowest BCUT2D eigenvalue weighted by atomic mass is 10.1. The van der Waals surface area contributed by atoms with Crippen molar-refractivity contribution in [3.05, 3.63) is 53.3 Å². The number of aromatic nitrogens is 2. The van der Waals surface area contributed by atoms with Gasteiger partial charge in [-0.3, -0.25) is 0 Å². The zero-order chi connectivity index (χ0) is 15.9. The molecule has 0 aliphatic heterocycles. The van der Waals surface area contributed by atoms with Gasteiger partial charge in [0.1, 0.15) is 0 Å². The molecule has 0 amide bonds. The van der Waals surface area contributed by atoms with Crippen LogP contribution in [-0.2, 0) is 10.0 Å². The Morgan fingerprint density at radius 2 is 1.73 bits per heavy atom. The highest BCUT2D eigenvalue weighted by Crippen LogP contribution is 2.53. The van der Waals surface area contributed by atoms with Crippen molar-refractivity contribution in [3.63, 3.8) is 0 Å². The van der Waals surface area contributed by atoms with Crippen molar-refractivity contribution in [1.82, 2.24) is 10.2 Å². The molecule has 1 fully saturated rings. The molecular weight excluding hydrogens is 298 g/mol. The maximum atomic E-state index is 11.3. The first-order valence-corrected chi connectivity index (χ1v) is 8.87. The van der Waals surface area contributed by atoms with Gasteiger partial charge in [0.05, 0.1) is 16.3 Å². The van der Waals surface area contributed by atoms with Crippen molar-refractivity contribution in [2.24, 2.45) is 5.14 Å². The van der Waals surface area contributed by atoms with E-state index in [0.29, 0.717) is 17.8 Å². The van der Waals surface area contributed by atoms with Crippen molar-refractivity contribution < 1.29 is 8.42 Å². The number of hydrogen-bond donors (Lipinski definition) is 1. The topological polar surface area (TPSA) is 85.9 Å². The Morgan fingerprint density at radius 3 is 2.23 bits per heavy atom. The highest BCUT2D eigenvalue weighted by molar-refractivity contribution is 7.89. The molecule has 1 aromatic heterocycles. The lowest BCUT2D eigenvalue weighted by Gasteiger charge is -2.05. The van der Waals surface area contributed by atoms with Gasteiger partial charge in [0.25, 0.3) is 0 Å². The molecule has 0 spiro atoms. The van der Waals surface area contributed by atoms with Crippen molar-refractivity contribution >= 4 is 10.0 Å². The van der Waals surface area contributed by atoms with E-state index in [-0.39, 0.29) is 4.90 Å². The third kappa shape index (κ3) is 3.03.